The molecule has 0 spiro atoms. The summed E-state index contributed by atoms with van der Waals surface area (Å²) in [6, 6.07) is 5.50. The number of anilines is 1. The van der Waals surface area contributed by atoms with E-state index in [9.17, 15) is 13.9 Å². The number of alkyl halides is 2. The van der Waals surface area contributed by atoms with Gasteiger partial charge in [0.25, 0.3) is 0 Å². The normalized spacial score (nSPS) is 24.2. The van der Waals surface area contributed by atoms with Crippen molar-refractivity contribution in [1.82, 2.24) is 0 Å². The average Bonchev–Trinajstić information content (AvgIpc) is 2.53. The molecule has 24 heavy (non-hydrogen) atoms. The van der Waals surface area contributed by atoms with Crippen LogP contribution in [0.2, 0.25) is 0 Å². The van der Waals surface area contributed by atoms with E-state index in [1.165, 1.54) is 0 Å². The summed E-state index contributed by atoms with van der Waals surface area (Å²) in [6.07, 6.45) is 8.11. The van der Waals surface area contributed by atoms with Gasteiger partial charge in [0.05, 0.1) is 5.60 Å². The first-order valence-corrected chi connectivity index (χ1v) is 8.59. The van der Waals surface area contributed by atoms with Gasteiger partial charge in [-0.1, -0.05) is 12.2 Å². The molecule has 5 heteroatoms. The Morgan fingerprint density at radius 2 is 1.92 bits per heavy atom. The molecule has 1 saturated carbocycles. The van der Waals surface area contributed by atoms with Crippen LogP contribution in [-0.4, -0.2) is 29.9 Å². The fourth-order valence-electron chi connectivity index (χ4n) is 3.92. The van der Waals surface area contributed by atoms with E-state index in [4.69, 9.17) is 0 Å². The lowest BCUT2D eigenvalue weighted by Gasteiger charge is -2.42. The van der Waals surface area contributed by atoms with Gasteiger partial charge in [-0.3, -0.25) is 0 Å². The van der Waals surface area contributed by atoms with Crippen molar-refractivity contribution in [2.75, 3.05) is 11.4 Å². The number of nitrogens with zero attached hydrogens (tertiary/aromatic N) is 1. The van der Waals surface area contributed by atoms with E-state index in [0.29, 0.717) is 12.0 Å². The topological polar surface area (TPSA) is 32.7 Å². The molecular formula is C19H25F2NO2. The molecule has 0 saturated heterocycles. The molecule has 0 atom stereocenters. The maximum atomic E-state index is 12.5. The Balaban J connectivity index is 1.76. The minimum atomic E-state index is -2.81. The summed E-state index contributed by atoms with van der Waals surface area (Å²) in [7, 11) is 0. The van der Waals surface area contributed by atoms with Crippen molar-refractivity contribution >= 4 is 11.8 Å². The second kappa shape index (κ2) is 6.71. The fourth-order valence-corrected chi connectivity index (χ4v) is 3.92. The molecular weight excluding hydrogens is 312 g/mol. The molecule has 0 radical (unpaired) electrons. The van der Waals surface area contributed by atoms with Gasteiger partial charge in [-0.2, -0.15) is 8.78 Å². The fraction of sp³-hybridized carbons (Fsp3) is 0.579. The number of hydrogen-bond donors (Lipinski definition) is 1. The summed E-state index contributed by atoms with van der Waals surface area (Å²) in [4.78, 5) is 2.29. The van der Waals surface area contributed by atoms with Crippen LogP contribution in [0.3, 0.4) is 0 Å². The Labute approximate surface area is 141 Å². The summed E-state index contributed by atoms with van der Waals surface area (Å²) < 4.78 is 29.5. The van der Waals surface area contributed by atoms with Crippen molar-refractivity contribution in [3.05, 3.63) is 29.8 Å². The third-order valence-electron chi connectivity index (χ3n) is 5.27. The zero-order chi connectivity index (χ0) is 17.3. The third-order valence-corrected chi connectivity index (χ3v) is 5.27. The van der Waals surface area contributed by atoms with E-state index in [0.717, 1.165) is 43.5 Å². The van der Waals surface area contributed by atoms with Crippen LogP contribution in [0.25, 0.3) is 6.08 Å². The van der Waals surface area contributed by atoms with Crippen LogP contribution in [0.15, 0.2) is 24.3 Å². The van der Waals surface area contributed by atoms with Crippen molar-refractivity contribution in [3.8, 4) is 5.75 Å². The lowest BCUT2D eigenvalue weighted by atomic mass is 9.76. The van der Waals surface area contributed by atoms with Crippen molar-refractivity contribution in [2.24, 2.45) is 5.92 Å². The number of hydrogen-bond acceptors (Lipinski definition) is 3. The number of rotatable bonds is 4. The van der Waals surface area contributed by atoms with Crippen LogP contribution in [0.5, 0.6) is 5.75 Å². The number of fused-ring (bicyclic) bond motifs is 1. The first-order valence-electron chi connectivity index (χ1n) is 8.59. The monoisotopic (exact) mass is 337 g/mol. The molecule has 0 bridgehead atoms. The van der Waals surface area contributed by atoms with E-state index in [1.807, 2.05) is 26.0 Å². The van der Waals surface area contributed by atoms with Gasteiger partial charge in [0.1, 0.15) is 5.75 Å². The molecule has 0 amide bonds. The van der Waals surface area contributed by atoms with E-state index in [2.05, 4.69) is 15.7 Å². The molecule has 1 heterocycles. The second-order valence-corrected chi connectivity index (χ2v) is 7.31. The molecule has 3 nitrogen and oxygen atoms in total. The summed E-state index contributed by atoms with van der Waals surface area (Å²) in [5, 5.41) is 10.2. The van der Waals surface area contributed by atoms with Crippen molar-refractivity contribution in [3.63, 3.8) is 0 Å². The van der Waals surface area contributed by atoms with Crippen LogP contribution in [0.1, 0.15) is 45.1 Å². The molecule has 0 unspecified atom stereocenters. The molecule has 1 fully saturated rings. The van der Waals surface area contributed by atoms with Crippen molar-refractivity contribution in [2.45, 2.75) is 57.8 Å². The van der Waals surface area contributed by atoms with Gasteiger partial charge in [0, 0.05) is 24.3 Å². The largest absolute Gasteiger partial charge is 0.435 e. The molecule has 3 rings (SSSR count). The summed E-state index contributed by atoms with van der Waals surface area (Å²) >= 11 is 0. The van der Waals surface area contributed by atoms with Crippen LogP contribution < -0.4 is 9.64 Å². The SMILES string of the molecule is CC(C)(O)C1CCC(N2CC=Cc3ccc(OC(F)F)cc32)CC1. The van der Waals surface area contributed by atoms with E-state index in [1.54, 1.807) is 12.1 Å². The predicted molar refractivity (Wildman–Crippen MR) is 91.5 cm³/mol. The van der Waals surface area contributed by atoms with E-state index in [-0.39, 0.29) is 5.75 Å². The highest BCUT2D eigenvalue weighted by atomic mass is 19.3. The van der Waals surface area contributed by atoms with Crippen LogP contribution in [-0.2, 0) is 0 Å². The van der Waals surface area contributed by atoms with Crippen molar-refractivity contribution < 1.29 is 18.6 Å². The Morgan fingerprint density at radius 1 is 1.21 bits per heavy atom. The quantitative estimate of drug-likeness (QED) is 0.881. The molecule has 0 aromatic heterocycles. The van der Waals surface area contributed by atoms with Gasteiger partial charge in [0.2, 0.25) is 0 Å². The Kier molecular flexibility index (Phi) is 4.81. The Hall–Kier alpha value is -1.62. The van der Waals surface area contributed by atoms with Gasteiger partial charge in [-0.25, -0.2) is 0 Å². The number of benzene rings is 1. The van der Waals surface area contributed by atoms with Gasteiger partial charge in [-0.05, 0) is 63.1 Å². The molecule has 1 aromatic carbocycles. The van der Waals surface area contributed by atoms with E-state index >= 15 is 0 Å². The highest BCUT2D eigenvalue weighted by Gasteiger charge is 2.34. The summed E-state index contributed by atoms with van der Waals surface area (Å²) in [5.74, 6) is 0.524. The highest BCUT2D eigenvalue weighted by Crippen LogP contribution is 2.39. The second-order valence-electron chi connectivity index (χ2n) is 7.31. The molecule has 2 aliphatic rings. The Bertz CT molecular complexity index is 602. The van der Waals surface area contributed by atoms with E-state index < -0.39 is 12.2 Å². The van der Waals surface area contributed by atoms with Gasteiger partial charge in [-0.15, -0.1) is 0 Å². The zero-order valence-corrected chi connectivity index (χ0v) is 14.2. The van der Waals surface area contributed by atoms with Crippen LogP contribution >= 0.6 is 0 Å². The minimum absolute atomic E-state index is 0.203. The van der Waals surface area contributed by atoms with Gasteiger partial charge >= 0.3 is 6.61 Å². The lowest BCUT2D eigenvalue weighted by molar-refractivity contribution is -0.0498. The standard InChI is InChI=1S/C19H25F2NO2/c1-19(2,23)14-6-8-15(9-7-14)22-11-3-4-13-5-10-16(12-17(13)22)24-18(20)21/h3-5,10,12,14-15,18,23H,6-9,11H2,1-2H3. The molecule has 1 aliphatic heterocycles. The molecule has 132 valence electrons. The summed E-state index contributed by atoms with van der Waals surface area (Å²) in [5.41, 5.74) is 1.36. The lowest BCUT2D eigenvalue weighted by Crippen LogP contribution is -2.43. The van der Waals surface area contributed by atoms with Gasteiger partial charge in [0.15, 0.2) is 0 Å². The number of aliphatic hydroxyl groups is 1. The predicted octanol–water partition coefficient (Wildman–Crippen LogP) is 4.45. The highest BCUT2D eigenvalue weighted by molar-refractivity contribution is 5.73. The maximum Gasteiger partial charge on any atom is 0.387 e. The first kappa shape index (κ1) is 17.2. The maximum absolute atomic E-state index is 12.5. The average molecular weight is 337 g/mol. The molecule has 1 aromatic rings. The summed E-state index contributed by atoms with van der Waals surface area (Å²) in [6.45, 7) is 1.73. The number of ether oxygens (including phenoxy) is 1. The smallest absolute Gasteiger partial charge is 0.387 e. The van der Waals surface area contributed by atoms with Gasteiger partial charge < -0.3 is 14.7 Å². The van der Waals surface area contributed by atoms with Crippen LogP contribution in [0, 0.1) is 5.92 Å². The van der Waals surface area contributed by atoms with Crippen molar-refractivity contribution in [1.29, 1.82) is 0 Å². The molecule has 1 N–H and O–H groups in total. The Morgan fingerprint density at radius 3 is 2.54 bits per heavy atom. The zero-order valence-electron chi connectivity index (χ0n) is 14.2. The first-order chi connectivity index (χ1) is 11.3. The third kappa shape index (κ3) is 3.72. The molecule has 1 aliphatic carbocycles. The minimum Gasteiger partial charge on any atom is -0.435 e. The van der Waals surface area contributed by atoms with Crippen LogP contribution in [0.4, 0.5) is 14.5 Å². The number of halogens is 2.